The molecule has 0 fully saturated rings. The van der Waals surface area contributed by atoms with Gasteiger partial charge in [0.2, 0.25) is 0 Å². The molecule has 0 aliphatic heterocycles. The Morgan fingerprint density at radius 3 is 2.62 bits per heavy atom. The summed E-state index contributed by atoms with van der Waals surface area (Å²) in [5.74, 6) is 1.73. The van der Waals surface area contributed by atoms with Gasteiger partial charge in [-0.1, -0.05) is 29.9 Å². The second kappa shape index (κ2) is 7.09. The van der Waals surface area contributed by atoms with E-state index < -0.39 is 0 Å². The Balaban J connectivity index is 1.92. The smallest absolute Gasteiger partial charge is 0.138 e. The summed E-state index contributed by atoms with van der Waals surface area (Å²) in [6.45, 7) is 11.0. The second-order valence-electron chi connectivity index (χ2n) is 5.08. The summed E-state index contributed by atoms with van der Waals surface area (Å²) in [5.41, 5.74) is 3.29. The van der Waals surface area contributed by atoms with Crippen molar-refractivity contribution in [1.82, 2.24) is 10.5 Å². The number of hydrogen-bond donors (Lipinski definition) is 1. The Labute approximate surface area is 125 Å². The number of nitrogens with one attached hydrogen (secondary N) is 1. The molecule has 112 valence electrons. The molecule has 4 heteroatoms. The van der Waals surface area contributed by atoms with E-state index in [9.17, 15) is 0 Å². The molecule has 0 saturated carbocycles. The first kappa shape index (κ1) is 15.3. The van der Waals surface area contributed by atoms with Crippen LogP contribution in [0.5, 0.6) is 5.75 Å². The molecule has 2 aromatic rings. The fourth-order valence-corrected chi connectivity index (χ4v) is 2.34. The van der Waals surface area contributed by atoms with Crippen molar-refractivity contribution in [2.24, 2.45) is 0 Å². The van der Waals surface area contributed by atoms with Crippen LogP contribution in [0.2, 0.25) is 0 Å². The molecule has 2 rings (SSSR count). The molecule has 1 unspecified atom stereocenters. The average molecular weight is 286 g/mol. The summed E-state index contributed by atoms with van der Waals surface area (Å²) >= 11 is 0. The van der Waals surface area contributed by atoms with Crippen LogP contribution in [-0.2, 0) is 6.54 Å². The minimum atomic E-state index is 0.202. The van der Waals surface area contributed by atoms with Crippen LogP contribution < -0.4 is 10.1 Å². The second-order valence-corrected chi connectivity index (χ2v) is 5.08. The summed E-state index contributed by atoms with van der Waals surface area (Å²) in [5, 5.41) is 7.48. The van der Waals surface area contributed by atoms with Crippen molar-refractivity contribution in [3.63, 3.8) is 0 Å². The van der Waals surface area contributed by atoms with Crippen LogP contribution in [0.1, 0.15) is 35.5 Å². The van der Waals surface area contributed by atoms with Crippen LogP contribution in [0.25, 0.3) is 0 Å². The van der Waals surface area contributed by atoms with E-state index in [-0.39, 0.29) is 6.04 Å². The van der Waals surface area contributed by atoms with Crippen molar-refractivity contribution in [3.05, 3.63) is 59.5 Å². The molecule has 0 aliphatic carbocycles. The van der Waals surface area contributed by atoms with E-state index in [1.54, 1.807) is 6.08 Å². The summed E-state index contributed by atoms with van der Waals surface area (Å²) in [7, 11) is 0. The lowest BCUT2D eigenvalue weighted by atomic mass is 10.1. The van der Waals surface area contributed by atoms with E-state index in [1.807, 2.05) is 26.0 Å². The molecule has 1 aromatic heterocycles. The monoisotopic (exact) mass is 286 g/mol. The summed E-state index contributed by atoms with van der Waals surface area (Å²) < 4.78 is 10.7. The van der Waals surface area contributed by atoms with Gasteiger partial charge < -0.3 is 14.6 Å². The van der Waals surface area contributed by atoms with Gasteiger partial charge in [-0.25, -0.2) is 0 Å². The van der Waals surface area contributed by atoms with E-state index in [1.165, 1.54) is 5.56 Å². The molecule has 0 saturated heterocycles. The molecule has 0 radical (unpaired) electrons. The van der Waals surface area contributed by atoms with Gasteiger partial charge in [0.25, 0.3) is 0 Å². The van der Waals surface area contributed by atoms with Crippen molar-refractivity contribution in [2.45, 2.75) is 33.4 Å². The SMILES string of the molecule is C=CCOc1ccc(CNC(C)c2c(C)noc2C)cc1. The molecule has 0 aliphatic rings. The van der Waals surface area contributed by atoms with Crippen molar-refractivity contribution < 1.29 is 9.26 Å². The number of hydrogen-bond acceptors (Lipinski definition) is 4. The van der Waals surface area contributed by atoms with Gasteiger partial charge >= 0.3 is 0 Å². The van der Waals surface area contributed by atoms with Gasteiger partial charge in [0.1, 0.15) is 18.1 Å². The van der Waals surface area contributed by atoms with Crippen LogP contribution in [-0.4, -0.2) is 11.8 Å². The van der Waals surface area contributed by atoms with Gasteiger partial charge in [0, 0.05) is 18.2 Å². The third-order valence-electron chi connectivity index (χ3n) is 3.43. The Morgan fingerprint density at radius 1 is 1.33 bits per heavy atom. The molecule has 0 bridgehead atoms. The lowest BCUT2D eigenvalue weighted by Gasteiger charge is -2.14. The predicted molar refractivity (Wildman–Crippen MR) is 83.4 cm³/mol. The third-order valence-corrected chi connectivity index (χ3v) is 3.43. The maximum absolute atomic E-state index is 5.47. The van der Waals surface area contributed by atoms with Crippen LogP contribution in [0.4, 0.5) is 0 Å². The topological polar surface area (TPSA) is 47.3 Å². The van der Waals surface area contributed by atoms with E-state index in [2.05, 4.69) is 36.1 Å². The molecule has 1 heterocycles. The van der Waals surface area contributed by atoms with E-state index >= 15 is 0 Å². The number of rotatable bonds is 7. The van der Waals surface area contributed by atoms with E-state index in [0.29, 0.717) is 6.61 Å². The van der Waals surface area contributed by atoms with Crippen molar-refractivity contribution in [2.75, 3.05) is 6.61 Å². The van der Waals surface area contributed by atoms with Crippen molar-refractivity contribution in [1.29, 1.82) is 0 Å². The Kier molecular flexibility index (Phi) is 5.17. The number of aromatic nitrogens is 1. The molecular formula is C17H22N2O2. The zero-order valence-electron chi connectivity index (χ0n) is 12.8. The highest BCUT2D eigenvalue weighted by Crippen LogP contribution is 2.21. The first-order valence-electron chi connectivity index (χ1n) is 7.10. The van der Waals surface area contributed by atoms with Gasteiger partial charge in [0.05, 0.1) is 5.69 Å². The molecule has 4 nitrogen and oxygen atoms in total. The zero-order chi connectivity index (χ0) is 15.2. The molecule has 1 aromatic carbocycles. The normalized spacial score (nSPS) is 12.1. The maximum atomic E-state index is 5.47. The summed E-state index contributed by atoms with van der Waals surface area (Å²) in [4.78, 5) is 0. The largest absolute Gasteiger partial charge is 0.490 e. The fraction of sp³-hybridized carbons (Fsp3) is 0.353. The van der Waals surface area contributed by atoms with Gasteiger partial charge in [0.15, 0.2) is 0 Å². The molecular weight excluding hydrogens is 264 g/mol. The average Bonchev–Trinajstić information content (AvgIpc) is 2.83. The Bertz CT molecular complexity index is 568. The highest BCUT2D eigenvalue weighted by molar-refractivity contribution is 5.28. The summed E-state index contributed by atoms with van der Waals surface area (Å²) in [6, 6.07) is 8.27. The maximum Gasteiger partial charge on any atom is 0.138 e. The van der Waals surface area contributed by atoms with Crippen LogP contribution in [0, 0.1) is 13.8 Å². The predicted octanol–water partition coefficient (Wildman–Crippen LogP) is 3.71. The van der Waals surface area contributed by atoms with Crippen LogP contribution in [0.15, 0.2) is 41.4 Å². The molecule has 21 heavy (non-hydrogen) atoms. The number of ether oxygens (including phenoxy) is 1. The van der Waals surface area contributed by atoms with Crippen molar-refractivity contribution >= 4 is 0 Å². The minimum absolute atomic E-state index is 0.202. The lowest BCUT2D eigenvalue weighted by molar-refractivity contribution is 0.363. The van der Waals surface area contributed by atoms with Gasteiger partial charge in [-0.3, -0.25) is 0 Å². The Hall–Kier alpha value is -2.07. The van der Waals surface area contributed by atoms with Gasteiger partial charge in [-0.2, -0.15) is 0 Å². The summed E-state index contributed by atoms with van der Waals surface area (Å²) in [6.07, 6.45) is 1.74. The molecule has 0 spiro atoms. The van der Waals surface area contributed by atoms with Crippen LogP contribution in [0.3, 0.4) is 0 Å². The third kappa shape index (κ3) is 3.95. The van der Waals surface area contributed by atoms with Crippen molar-refractivity contribution in [3.8, 4) is 5.75 Å². The standard InChI is InChI=1S/C17H22N2O2/c1-5-10-20-16-8-6-15(7-9-16)11-18-12(2)17-13(3)19-21-14(17)4/h5-9,12,18H,1,10-11H2,2-4H3. The van der Waals surface area contributed by atoms with Crippen LogP contribution >= 0.6 is 0 Å². The lowest BCUT2D eigenvalue weighted by Crippen LogP contribution is -2.19. The highest BCUT2D eigenvalue weighted by Gasteiger charge is 2.15. The first-order chi connectivity index (χ1) is 10.1. The number of benzene rings is 1. The van der Waals surface area contributed by atoms with E-state index in [4.69, 9.17) is 9.26 Å². The molecule has 1 atom stereocenters. The Morgan fingerprint density at radius 2 is 2.05 bits per heavy atom. The quantitative estimate of drug-likeness (QED) is 0.788. The fourth-order valence-electron chi connectivity index (χ4n) is 2.34. The van der Waals surface area contributed by atoms with Gasteiger partial charge in [-0.05, 0) is 38.5 Å². The van der Waals surface area contributed by atoms with E-state index in [0.717, 1.165) is 29.3 Å². The number of aryl methyl sites for hydroxylation is 2. The molecule has 0 amide bonds. The minimum Gasteiger partial charge on any atom is -0.490 e. The first-order valence-corrected chi connectivity index (χ1v) is 7.10. The number of nitrogens with zero attached hydrogens (tertiary/aromatic N) is 1. The zero-order valence-corrected chi connectivity index (χ0v) is 12.8. The molecule has 1 N–H and O–H groups in total. The highest BCUT2D eigenvalue weighted by atomic mass is 16.5. The van der Waals surface area contributed by atoms with Gasteiger partial charge in [-0.15, -0.1) is 0 Å².